The van der Waals surface area contributed by atoms with Gasteiger partial charge in [0.2, 0.25) is 11.8 Å². The molecule has 0 bridgehead atoms. The molecule has 2 amide bonds. The zero-order chi connectivity index (χ0) is 19.5. The molecule has 1 aromatic rings. The third-order valence-corrected chi connectivity index (χ3v) is 3.57. The summed E-state index contributed by atoms with van der Waals surface area (Å²) in [5.41, 5.74) is 1.13. The van der Waals surface area contributed by atoms with Gasteiger partial charge in [0, 0.05) is 18.5 Å². The summed E-state index contributed by atoms with van der Waals surface area (Å²) < 4.78 is 5.29. The van der Waals surface area contributed by atoms with Crippen molar-refractivity contribution in [2.45, 2.75) is 46.3 Å². The molecule has 6 heteroatoms. The van der Waals surface area contributed by atoms with Crippen molar-refractivity contribution in [2.24, 2.45) is 5.92 Å². The summed E-state index contributed by atoms with van der Waals surface area (Å²) in [5, 5.41) is 5.37. The van der Waals surface area contributed by atoms with Crippen molar-refractivity contribution >= 4 is 17.8 Å². The van der Waals surface area contributed by atoms with Crippen molar-refractivity contribution in [1.29, 1.82) is 0 Å². The van der Waals surface area contributed by atoms with E-state index in [0.717, 1.165) is 5.56 Å². The molecule has 26 heavy (non-hydrogen) atoms. The molecule has 0 radical (unpaired) electrons. The van der Waals surface area contributed by atoms with Crippen LogP contribution in [0.25, 0.3) is 0 Å². The van der Waals surface area contributed by atoms with Gasteiger partial charge < -0.3 is 15.4 Å². The van der Waals surface area contributed by atoms with Crippen molar-refractivity contribution in [3.63, 3.8) is 0 Å². The molecular formula is C20H28N2O4. The Morgan fingerprint density at radius 2 is 1.81 bits per heavy atom. The number of hydrogen-bond donors (Lipinski definition) is 2. The van der Waals surface area contributed by atoms with E-state index in [1.165, 1.54) is 0 Å². The zero-order valence-corrected chi connectivity index (χ0v) is 15.7. The summed E-state index contributed by atoms with van der Waals surface area (Å²) >= 11 is 0. The Morgan fingerprint density at radius 1 is 1.15 bits per heavy atom. The highest BCUT2D eigenvalue weighted by molar-refractivity contribution is 5.95. The molecule has 0 aliphatic rings. The van der Waals surface area contributed by atoms with Gasteiger partial charge in [-0.3, -0.25) is 9.59 Å². The summed E-state index contributed by atoms with van der Waals surface area (Å²) in [4.78, 5) is 36.1. The van der Waals surface area contributed by atoms with Gasteiger partial charge >= 0.3 is 5.97 Å². The van der Waals surface area contributed by atoms with Crippen LogP contribution in [0.5, 0.6) is 0 Å². The fourth-order valence-corrected chi connectivity index (χ4v) is 2.04. The average molecular weight is 360 g/mol. The Hall–Kier alpha value is -2.63. The number of esters is 1. The second-order valence-electron chi connectivity index (χ2n) is 6.64. The first kappa shape index (κ1) is 21.4. The second-order valence-corrected chi connectivity index (χ2v) is 6.64. The monoisotopic (exact) mass is 360 g/mol. The van der Waals surface area contributed by atoms with E-state index in [1.54, 1.807) is 6.92 Å². The quantitative estimate of drug-likeness (QED) is 0.495. The van der Waals surface area contributed by atoms with Crippen LogP contribution in [0.15, 0.2) is 42.5 Å². The summed E-state index contributed by atoms with van der Waals surface area (Å²) in [6, 6.07) is 8.36. The van der Waals surface area contributed by atoms with E-state index < -0.39 is 17.9 Å². The van der Waals surface area contributed by atoms with Crippen LogP contribution in [-0.4, -0.2) is 30.4 Å². The number of benzene rings is 1. The van der Waals surface area contributed by atoms with Crippen molar-refractivity contribution in [3.05, 3.63) is 48.0 Å². The lowest BCUT2D eigenvalue weighted by Crippen LogP contribution is -2.43. The summed E-state index contributed by atoms with van der Waals surface area (Å²) in [5.74, 6) is -0.827. The number of ether oxygens (including phenoxy) is 1. The predicted octanol–water partition coefficient (Wildman–Crippen LogP) is 2.34. The smallest absolute Gasteiger partial charge is 0.328 e. The molecule has 1 rings (SSSR count). The lowest BCUT2D eigenvalue weighted by molar-refractivity contribution is -0.149. The number of nitrogens with one attached hydrogen (secondary N) is 2. The molecule has 2 N–H and O–H groups in total. The van der Waals surface area contributed by atoms with E-state index in [1.807, 2.05) is 44.2 Å². The molecule has 1 aromatic carbocycles. The highest BCUT2D eigenvalue weighted by Gasteiger charge is 2.23. The van der Waals surface area contributed by atoms with Gasteiger partial charge in [-0.15, -0.1) is 0 Å². The summed E-state index contributed by atoms with van der Waals surface area (Å²) in [6.07, 6.45) is 0.283. The van der Waals surface area contributed by atoms with Crippen LogP contribution in [-0.2, 0) is 25.7 Å². The van der Waals surface area contributed by atoms with Crippen LogP contribution < -0.4 is 10.6 Å². The number of hydrogen-bond acceptors (Lipinski definition) is 4. The van der Waals surface area contributed by atoms with Gasteiger partial charge in [0.25, 0.3) is 0 Å². The van der Waals surface area contributed by atoms with Crippen LogP contribution in [0.2, 0.25) is 0 Å². The topological polar surface area (TPSA) is 84.5 Å². The molecule has 0 aliphatic heterocycles. The van der Waals surface area contributed by atoms with Gasteiger partial charge in [-0.2, -0.15) is 0 Å². The van der Waals surface area contributed by atoms with Gasteiger partial charge in [-0.1, -0.05) is 50.8 Å². The molecule has 0 spiro atoms. The van der Waals surface area contributed by atoms with E-state index >= 15 is 0 Å². The molecule has 0 unspecified atom stereocenters. The van der Waals surface area contributed by atoms with E-state index in [9.17, 15) is 14.4 Å². The zero-order valence-electron chi connectivity index (χ0n) is 15.7. The first-order valence-electron chi connectivity index (χ1n) is 8.73. The van der Waals surface area contributed by atoms with E-state index in [-0.39, 0.29) is 30.9 Å². The van der Waals surface area contributed by atoms with E-state index in [0.29, 0.717) is 12.5 Å². The highest BCUT2D eigenvalue weighted by atomic mass is 16.5. The number of amides is 2. The Kier molecular flexibility index (Phi) is 9.12. The fourth-order valence-electron chi connectivity index (χ4n) is 2.04. The van der Waals surface area contributed by atoms with Gasteiger partial charge in [-0.25, -0.2) is 4.79 Å². The van der Waals surface area contributed by atoms with Crippen molar-refractivity contribution in [2.75, 3.05) is 6.54 Å². The first-order chi connectivity index (χ1) is 12.3. The molecule has 0 fully saturated rings. The third-order valence-electron chi connectivity index (χ3n) is 3.57. The maximum Gasteiger partial charge on any atom is 0.328 e. The lowest BCUT2D eigenvalue weighted by atomic mass is 10.1. The minimum atomic E-state index is -0.896. The standard InChI is InChI=1S/C20H28N2O4/c1-14(2)12-21-18(23)11-10-17(22-19(24)15(3)4)20(25)26-13-16-8-6-5-7-9-16/h5-9,14,17H,3,10-13H2,1-2,4H3,(H,21,23)(H,22,24)/t17-/m0/s1. The Balaban J connectivity index is 2.61. The van der Waals surface area contributed by atoms with Crippen LogP contribution in [0, 0.1) is 5.92 Å². The summed E-state index contributed by atoms with van der Waals surface area (Å²) in [7, 11) is 0. The van der Waals surface area contributed by atoms with E-state index in [4.69, 9.17) is 4.74 Å². The maximum absolute atomic E-state index is 12.4. The lowest BCUT2D eigenvalue weighted by Gasteiger charge is -2.18. The van der Waals surface area contributed by atoms with Crippen LogP contribution in [0.4, 0.5) is 0 Å². The number of carbonyl (C=O) groups is 3. The molecule has 0 aliphatic carbocycles. The molecule has 6 nitrogen and oxygen atoms in total. The maximum atomic E-state index is 12.4. The minimum Gasteiger partial charge on any atom is -0.459 e. The molecule has 1 atom stereocenters. The van der Waals surface area contributed by atoms with Gasteiger partial charge in [-0.05, 0) is 24.8 Å². The fraction of sp³-hybridized carbons (Fsp3) is 0.450. The minimum absolute atomic E-state index is 0.110. The molecule has 142 valence electrons. The molecule has 0 saturated carbocycles. The normalized spacial score (nSPS) is 11.5. The molecular weight excluding hydrogens is 332 g/mol. The second kappa shape index (κ2) is 11.1. The van der Waals surface area contributed by atoms with Crippen LogP contribution in [0.3, 0.4) is 0 Å². The molecule has 0 aromatic heterocycles. The molecule has 0 heterocycles. The number of carbonyl (C=O) groups excluding carboxylic acids is 3. The predicted molar refractivity (Wildman–Crippen MR) is 100 cm³/mol. The van der Waals surface area contributed by atoms with Gasteiger partial charge in [0.05, 0.1) is 0 Å². The van der Waals surface area contributed by atoms with Crippen molar-refractivity contribution in [3.8, 4) is 0 Å². The Morgan fingerprint density at radius 3 is 2.38 bits per heavy atom. The van der Waals surface area contributed by atoms with Crippen molar-refractivity contribution < 1.29 is 19.1 Å². The molecule has 0 saturated heterocycles. The van der Waals surface area contributed by atoms with Gasteiger partial charge in [0.15, 0.2) is 0 Å². The van der Waals surface area contributed by atoms with Crippen molar-refractivity contribution in [1.82, 2.24) is 10.6 Å². The largest absolute Gasteiger partial charge is 0.459 e. The third kappa shape index (κ3) is 8.46. The first-order valence-corrected chi connectivity index (χ1v) is 8.73. The van der Waals surface area contributed by atoms with Crippen LogP contribution >= 0.6 is 0 Å². The van der Waals surface area contributed by atoms with Gasteiger partial charge in [0.1, 0.15) is 12.6 Å². The highest BCUT2D eigenvalue weighted by Crippen LogP contribution is 2.06. The number of rotatable bonds is 10. The Labute approximate surface area is 155 Å². The van der Waals surface area contributed by atoms with Crippen LogP contribution in [0.1, 0.15) is 39.2 Å². The van der Waals surface area contributed by atoms with E-state index in [2.05, 4.69) is 17.2 Å². The Bertz CT molecular complexity index is 626. The average Bonchev–Trinajstić information content (AvgIpc) is 2.61. The SMILES string of the molecule is C=C(C)C(=O)N[C@@H](CCC(=O)NCC(C)C)C(=O)OCc1ccccc1. The summed E-state index contributed by atoms with van der Waals surface area (Å²) in [6.45, 7) is 9.79.